The van der Waals surface area contributed by atoms with Crippen molar-refractivity contribution < 1.29 is 4.74 Å². The molecule has 0 bridgehead atoms. The minimum absolute atomic E-state index is 0.374. The molecule has 2 atom stereocenters. The van der Waals surface area contributed by atoms with Crippen LogP contribution in [0.3, 0.4) is 0 Å². The zero-order chi connectivity index (χ0) is 14.3. The summed E-state index contributed by atoms with van der Waals surface area (Å²) in [5.41, 5.74) is 6.81. The number of methoxy groups -OCH3 is 1. The molecule has 0 radical (unpaired) electrons. The molecule has 0 heterocycles. The molecule has 4 heteroatoms. The summed E-state index contributed by atoms with van der Waals surface area (Å²) in [7, 11) is 3.75. The van der Waals surface area contributed by atoms with Crippen molar-refractivity contribution in [3.8, 4) is 11.8 Å². The molecule has 2 N–H and O–H groups in total. The summed E-state index contributed by atoms with van der Waals surface area (Å²) in [5.74, 6) is 0.927. The predicted molar refractivity (Wildman–Crippen MR) is 77.0 cm³/mol. The van der Waals surface area contributed by atoms with E-state index in [4.69, 9.17) is 15.7 Å². The first-order valence-corrected chi connectivity index (χ1v) is 6.55. The van der Waals surface area contributed by atoms with E-state index < -0.39 is 0 Å². The number of benzene rings is 1. The molecule has 19 heavy (non-hydrogen) atoms. The van der Waals surface area contributed by atoms with Gasteiger partial charge in [-0.2, -0.15) is 5.26 Å². The van der Waals surface area contributed by atoms with E-state index in [-0.39, 0.29) is 6.04 Å². The van der Waals surface area contributed by atoms with Gasteiger partial charge in [0.25, 0.3) is 0 Å². The maximum absolute atomic E-state index is 8.68. The largest absolute Gasteiger partial charge is 0.496 e. The highest BCUT2D eigenvalue weighted by molar-refractivity contribution is 5.33. The first kappa shape index (κ1) is 15.5. The van der Waals surface area contributed by atoms with Gasteiger partial charge in [0.1, 0.15) is 5.75 Å². The fraction of sp³-hybridized carbons (Fsp3) is 0.533. The van der Waals surface area contributed by atoms with Gasteiger partial charge in [-0.15, -0.1) is 0 Å². The number of nitrogens with zero attached hydrogens (tertiary/aromatic N) is 2. The summed E-state index contributed by atoms with van der Waals surface area (Å²) in [6.07, 6.45) is 1.62. The Hall–Kier alpha value is -1.57. The van der Waals surface area contributed by atoms with E-state index in [2.05, 4.69) is 31.0 Å². The molecule has 0 aromatic heterocycles. The molecular formula is C15H23N3O. The number of likely N-dealkylation sites (N-methyl/N-ethyl adjacent to an activating group) is 1. The highest BCUT2D eigenvalue weighted by atomic mass is 16.5. The second kappa shape index (κ2) is 7.78. The van der Waals surface area contributed by atoms with E-state index in [1.165, 1.54) is 5.56 Å². The average Bonchev–Trinajstić information content (AvgIpc) is 2.44. The van der Waals surface area contributed by atoms with Crippen LogP contribution >= 0.6 is 0 Å². The van der Waals surface area contributed by atoms with Crippen molar-refractivity contribution in [3.63, 3.8) is 0 Å². The van der Waals surface area contributed by atoms with Gasteiger partial charge in [0.05, 0.1) is 19.2 Å². The van der Waals surface area contributed by atoms with Gasteiger partial charge in [-0.05, 0) is 38.4 Å². The van der Waals surface area contributed by atoms with Crippen LogP contribution < -0.4 is 10.5 Å². The molecule has 1 aromatic carbocycles. The van der Waals surface area contributed by atoms with Crippen molar-refractivity contribution >= 4 is 0 Å². The van der Waals surface area contributed by atoms with Crippen LogP contribution in [0.25, 0.3) is 0 Å². The lowest BCUT2D eigenvalue weighted by atomic mass is 10.0. The lowest BCUT2D eigenvalue weighted by Gasteiger charge is -2.25. The normalized spacial score (nSPS) is 13.9. The fourth-order valence-electron chi connectivity index (χ4n) is 1.97. The number of rotatable bonds is 7. The smallest absolute Gasteiger partial charge is 0.122 e. The number of nitrogens with two attached hydrogens (primary N) is 1. The van der Waals surface area contributed by atoms with Gasteiger partial charge < -0.3 is 15.4 Å². The third-order valence-corrected chi connectivity index (χ3v) is 3.42. The Balaban J connectivity index is 2.54. The standard InChI is InChI=1S/C15H23N3O/c1-12(18(2)9-8-14(17)11-16)10-13-6-4-5-7-15(13)19-3/h4-7,12,14H,8-10,17H2,1-3H3. The second-order valence-corrected chi connectivity index (χ2v) is 4.87. The van der Waals surface area contributed by atoms with Crippen LogP contribution in [0.15, 0.2) is 24.3 Å². The van der Waals surface area contributed by atoms with Crippen LogP contribution in [0.5, 0.6) is 5.75 Å². The molecule has 1 aromatic rings. The van der Waals surface area contributed by atoms with E-state index in [1.54, 1.807) is 7.11 Å². The summed E-state index contributed by atoms with van der Waals surface area (Å²) in [4.78, 5) is 2.23. The summed E-state index contributed by atoms with van der Waals surface area (Å²) in [6.45, 7) is 3.00. The Morgan fingerprint density at radius 3 is 2.74 bits per heavy atom. The minimum Gasteiger partial charge on any atom is -0.496 e. The maximum Gasteiger partial charge on any atom is 0.122 e. The monoisotopic (exact) mass is 261 g/mol. The molecule has 0 spiro atoms. The third kappa shape index (κ3) is 4.90. The zero-order valence-corrected chi connectivity index (χ0v) is 12.0. The number of nitriles is 1. The van der Waals surface area contributed by atoms with Gasteiger partial charge in [0.2, 0.25) is 0 Å². The molecule has 0 saturated carbocycles. The molecule has 1 rings (SSSR count). The van der Waals surface area contributed by atoms with Crippen LogP contribution in [0.2, 0.25) is 0 Å². The number of hydrogen-bond donors (Lipinski definition) is 1. The quantitative estimate of drug-likeness (QED) is 0.813. The van der Waals surface area contributed by atoms with Gasteiger partial charge in [0.15, 0.2) is 0 Å². The van der Waals surface area contributed by atoms with Crippen molar-refractivity contribution in [2.75, 3.05) is 20.7 Å². The van der Waals surface area contributed by atoms with E-state index >= 15 is 0 Å². The summed E-state index contributed by atoms with van der Waals surface area (Å²) >= 11 is 0. The van der Waals surface area contributed by atoms with Crippen molar-refractivity contribution in [3.05, 3.63) is 29.8 Å². The third-order valence-electron chi connectivity index (χ3n) is 3.42. The molecule has 2 unspecified atom stereocenters. The van der Waals surface area contributed by atoms with E-state index in [0.717, 1.165) is 18.7 Å². The molecule has 0 fully saturated rings. The predicted octanol–water partition coefficient (Wildman–Crippen LogP) is 1.80. The summed E-state index contributed by atoms with van der Waals surface area (Å²) in [5, 5.41) is 8.68. The Labute approximate surface area is 115 Å². The average molecular weight is 261 g/mol. The van der Waals surface area contributed by atoms with Crippen molar-refractivity contribution in [1.29, 1.82) is 5.26 Å². The van der Waals surface area contributed by atoms with E-state index in [1.807, 2.05) is 18.2 Å². The van der Waals surface area contributed by atoms with E-state index in [9.17, 15) is 0 Å². The summed E-state index contributed by atoms with van der Waals surface area (Å²) < 4.78 is 5.36. The molecule has 0 amide bonds. The van der Waals surface area contributed by atoms with Crippen LogP contribution in [0, 0.1) is 11.3 Å². The van der Waals surface area contributed by atoms with E-state index in [0.29, 0.717) is 12.5 Å². The fourth-order valence-corrected chi connectivity index (χ4v) is 1.97. The second-order valence-electron chi connectivity index (χ2n) is 4.87. The van der Waals surface area contributed by atoms with Crippen LogP contribution in [-0.4, -0.2) is 37.7 Å². The Kier molecular flexibility index (Phi) is 6.34. The molecular weight excluding hydrogens is 238 g/mol. The highest BCUT2D eigenvalue weighted by Crippen LogP contribution is 2.20. The lowest BCUT2D eigenvalue weighted by molar-refractivity contribution is 0.249. The van der Waals surface area contributed by atoms with Gasteiger partial charge in [-0.25, -0.2) is 0 Å². The van der Waals surface area contributed by atoms with Crippen LogP contribution in [0.4, 0.5) is 0 Å². The Bertz CT molecular complexity index is 428. The summed E-state index contributed by atoms with van der Waals surface area (Å²) in [6, 6.07) is 10.1. The molecule has 104 valence electrons. The van der Waals surface area contributed by atoms with Gasteiger partial charge in [0, 0.05) is 12.6 Å². The molecule has 0 saturated heterocycles. The van der Waals surface area contributed by atoms with Gasteiger partial charge >= 0.3 is 0 Å². The minimum atomic E-state index is -0.374. The number of para-hydroxylation sites is 1. The van der Waals surface area contributed by atoms with Crippen molar-refractivity contribution in [2.24, 2.45) is 5.73 Å². The van der Waals surface area contributed by atoms with Crippen molar-refractivity contribution in [1.82, 2.24) is 4.90 Å². The molecule has 0 aliphatic heterocycles. The Morgan fingerprint density at radius 1 is 1.42 bits per heavy atom. The molecule has 0 aliphatic carbocycles. The topological polar surface area (TPSA) is 62.3 Å². The molecule has 0 aliphatic rings. The van der Waals surface area contributed by atoms with Gasteiger partial charge in [-0.3, -0.25) is 0 Å². The first-order chi connectivity index (χ1) is 9.08. The zero-order valence-electron chi connectivity index (χ0n) is 12.0. The lowest BCUT2D eigenvalue weighted by Crippen LogP contribution is -2.34. The van der Waals surface area contributed by atoms with Crippen molar-refractivity contribution in [2.45, 2.75) is 31.8 Å². The van der Waals surface area contributed by atoms with Gasteiger partial charge in [-0.1, -0.05) is 18.2 Å². The number of ether oxygens (including phenoxy) is 1. The number of hydrogen-bond acceptors (Lipinski definition) is 4. The first-order valence-electron chi connectivity index (χ1n) is 6.55. The van der Waals surface area contributed by atoms with Crippen LogP contribution in [-0.2, 0) is 6.42 Å². The highest BCUT2D eigenvalue weighted by Gasteiger charge is 2.13. The Morgan fingerprint density at radius 2 is 2.11 bits per heavy atom. The van der Waals surface area contributed by atoms with Crippen LogP contribution in [0.1, 0.15) is 18.9 Å². The molecule has 4 nitrogen and oxygen atoms in total. The maximum atomic E-state index is 8.68. The SMILES string of the molecule is COc1ccccc1CC(C)N(C)CCC(N)C#N.